The molecule has 0 fully saturated rings. The highest BCUT2D eigenvalue weighted by Crippen LogP contribution is 2.38. The van der Waals surface area contributed by atoms with Crippen LogP contribution in [0.25, 0.3) is 10.9 Å². The van der Waals surface area contributed by atoms with Crippen LogP contribution in [-0.2, 0) is 16.0 Å². The Balaban J connectivity index is 1.67. The number of aliphatic hydroxyl groups is 1. The molecule has 0 spiro atoms. The van der Waals surface area contributed by atoms with Crippen LogP contribution in [0, 0.1) is 13.8 Å². The van der Waals surface area contributed by atoms with Crippen molar-refractivity contribution in [2.75, 3.05) is 6.54 Å². The highest BCUT2D eigenvalue weighted by Gasteiger charge is 2.42. The predicted molar refractivity (Wildman–Crippen MR) is 113 cm³/mol. The molecule has 4 rings (SSSR count). The Labute approximate surface area is 169 Å². The van der Waals surface area contributed by atoms with E-state index in [1.807, 2.05) is 43.5 Å². The number of para-hydroxylation sites is 1. The van der Waals surface area contributed by atoms with Gasteiger partial charge in [0, 0.05) is 23.6 Å². The molecular weight excluding hydrogens is 364 g/mol. The SMILES string of the molecule is CC(=O)C1=C(O)C(=O)N(CCc2c[nH]c3c(C)cccc23)C1c1ccc(C)cc1. The van der Waals surface area contributed by atoms with Crippen molar-refractivity contribution in [3.63, 3.8) is 0 Å². The third kappa shape index (κ3) is 3.23. The molecule has 0 saturated carbocycles. The summed E-state index contributed by atoms with van der Waals surface area (Å²) < 4.78 is 0. The average Bonchev–Trinajstić information content (AvgIpc) is 3.21. The summed E-state index contributed by atoms with van der Waals surface area (Å²) in [7, 11) is 0. The van der Waals surface area contributed by atoms with Gasteiger partial charge >= 0.3 is 0 Å². The van der Waals surface area contributed by atoms with E-state index in [2.05, 4.69) is 24.0 Å². The molecule has 1 aromatic heterocycles. The van der Waals surface area contributed by atoms with Gasteiger partial charge in [-0.25, -0.2) is 0 Å². The number of H-pyrrole nitrogens is 1. The van der Waals surface area contributed by atoms with Crippen molar-refractivity contribution < 1.29 is 14.7 Å². The summed E-state index contributed by atoms with van der Waals surface area (Å²) in [5.41, 5.74) is 5.46. The Morgan fingerprint density at radius 1 is 1.14 bits per heavy atom. The Hall–Kier alpha value is -3.34. The van der Waals surface area contributed by atoms with E-state index in [9.17, 15) is 14.7 Å². The molecule has 0 saturated heterocycles. The zero-order valence-electron chi connectivity index (χ0n) is 16.8. The molecular formula is C24H24N2O3. The molecule has 2 N–H and O–H groups in total. The molecule has 1 aliphatic rings. The van der Waals surface area contributed by atoms with Crippen molar-refractivity contribution in [1.29, 1.82) is 0 Å². The first kappa shape index (κ1) is 19.0. The second-order valence-corrected chi connectivity index (χ2v) is 7.69. The number of hydrogen-bond acceptors (Lipinski definition) is 3. The monoisotopic (exact) mass is 388 g/mol. The van der Waals surface area contributed by atoms with Gasteiger partial charge in [-0.05, 0) is 43.9 Å². The van der Waals surface area contributed by atoms with Gasteiger partial charge in [0.1, 0.15) is 0 Å². The molecule has 2 heterocycles. The molecule has 0 bridgehead atoms. The zero-order valence-corrected chi connectivity index (χ0v) is 16.8. The van der Waals surface area contributed by atoms with E-state index in [0.717, 1.165) is 27.6 Å². The van der Waals surface area contributed by atoms with E-state index in [1.54, 1.807) is 4.90 Å². The van der Waals surface area contributed by atoms with E-state index in [0.29, 0.717) is 13.0 Å². The smallest absolute Gasteiger partial charge is 0.290 e. The Morgan fingerprint density at radius 3 is 2.55 bits per heavy atom. The first-order chi connectivity index (χ1) is 13.9. The van der Waals surface area contributed by atoms with Crippen molar-refractivity contribution >= 4 is 22.6 Å². The van der Waals surface area contributed by atoms with E-state index < -0.39 is 17.7 Å². The van der Waals surface area contributed by atoms with Crippen LogP contribution in [0.5, 0.6) is 0 Å². The summed E-state index contributed by atoms with van der Waals surface area (Å²) >= 11 is 0. The standard InChI is InChI=1S/C24H24N2O3/c1-14-7-9-17(10-8-14)22-20(16(3)27)23(28)24(29)26(22)12-11-18-13-25-21-15(2)5-4-6-19(18)21/h4-10,13,22,25,28H,11-12H2,1-3H3. The van der Waals surface area contributed by atoms with Gasteiger partial charge in [0.2, 0.25) is 0 Å². The number of fused-ring (bicyclic) bond motifs is 1. The summed E-state index contributed by atoms with van der Waals surface area (Å²) in [5, 5.41) is 11.5. The fourth-order valence-corrected chi connectivity index (χ4v) is 4.15. The molecule has 148 valence electrons. The maximum absolute atomic E-state index is 12.8. The summed E-state index contributed by atoms with van der Waals surface area (Å²) in [5.74, 6) is -1.21. The molecule has 3 aromatic rings. The Kier molecular flexibility index (Phi) is 4.74. The lowest BCUT2D eigenvalue weighted by Crippen LogP contribution is -2.32. The summed E-state index contributed by atoms with van der Waals surface area (Å²) in [6.07, 6.45) is 2.59. The molecule has 5 nitrogen and oxygen atoms in total. The lowest BCUT2D eigenvalue weighted by Gasteiger charge is -2.26. The lowest BCUT2D eigenvalue weighted by molar-refractivity contribution is -0.129. The first-order valence-electron chi connectivity index (χ1n) is 9.75. The lowest BCUT2D eigenvalue weighted by atomic mass is 9.96. The number of benzene rings is 2. The molecule has 5 heteroatoms. The zero-order chi connectivity index (χ0) is 20.7. The minimum absolute atomic E-state index is 0.175. The highest BCUT2D eigenvalue weighted by atomic mass is 16.3. The molecule has 29 heavy (non-hydrogen) atoms. The largest absolute Gasteiger partial charge is 0.503 e. The maximum atomic E-state index is 12.8. The second-order valence-electron chi connectivity index (χ2n) is 7.69. The number of Topliss-reactive ketones (excluding diaryl/α,β-unsaturated/α-hetero) is 1. The van der Waals surface area contributed by atoms with Crippen molar-refractivity contribution in [1.82, 2.24) is 9.88 Å². The van der Waals surface area contributed by atoms with Crippen molar-refractivity contribution in [2.45, 2.75) is 33.2 Å². The van der Waals surface area contributed by atoms with E-state index in [4.69, 9.17) is 0 Å². The van der Waals surface area contributed by atoms with Gasteiger partial charge in [-0.3, -0.25) is 9.59 Å². The number of nitrogens with zero attached hydrogens (tertiary/aromatic N) is 1. The quantitative estimate of drug-likeness (QED) is 0.684. The van der Waals surface area contributed by atoms with Crippen molar-refractivity contribution in [3.05, 3.63) is 82.2 Å². The van der Waals surface area contributed by atoms with Crippen LogP contribution < -0.4 is 0 Å². The summed E-state index contributed by atoms with van der Waals surface area (Å²) in [4.78, 5) is 30.0. The number of carbonyl (C=O) groups is 2. The minimum atomic E-state index is -0.562. The Bertz CT molecular complexity index is 1140. The second kappa shape index (κ2) is 7.24. The number of ketones is 1. The molecule has 2 aromatic carbocycles. The summed E-state index contributed by atoms with van der Waals surface area (Å²) in [6.45, 7) is 5.84. The van der Waals surface area contributed by atoms with Crippen molar-refractivity contribution in [3.8, 4) is 0 Å². The van der Waals surface area contributed by atoms with Crippen LogP contribution in [-0.4, -0.2) is 33.2 Å². The van der Waals surface area contributed by atoms with E-state index in [-0.39, 0.29) is 11.4 Å². The number of hydrogen-bond donors (Lipinski definition) is 2. The molecule has 0 aliphatic carbocycles. The van der Waals surface area contributed by atoms with Gasteiger partial charge in [0.05, 0.1) is 11.6 Å². The van der Waals surface area contributed by atoms with Gasteiger partial charge in [-0.15, -0.1) is 0 Å². The molecule has 0 radical (unpaired) electrons. The van der Waals surface area contributed by atoms with Crippen LogP contribution >= 0.6 is 0 Å². The maximum Gasteiger partial charge on any atom is 0.290 e. The van der Waals surface area contributed by atoms with Crippen LogP contribution in [0.4, 0.5) is 0 Å². The van der Waals surface area contributed by atoms with Gasteiger partial charge in [0.15, 0.2) is 11.5 Å². The van der Waals surface area contributed by atoms with Gasteiger partial charge in [-0.2, -0.15) is 0 Å². The average molecular weight is 388 g/mol. The van der Waals surface area contributed by atoms with Crippen LogP contribution in [0.2, 0.25) is 0 Å². The topological polar surface area (TPSA) is 73.4 Å². The molecule has 1 atom stereocenters. The minimum Gasteiger partial charge on any atom is -0.503 e. The number of amides is 1. The highest BCUT2D eigenvalue weighted by molar-refractivity contribution is 6.08. The Morgan fingerprint density at radius 2 is 1.86 bits per heavy atom. The van der Waals surface area contributed by atoms with Gasteiger partial charge in [0.25, 0.3) is 5.91 Å². The van der Waals surface area contributed by atoms with Gasteiger partial charge < -0.3 is 15.0 Å². The van der Waals surface area contributed by atoms with Crippen molar-refractivity contribution in [2.24, 2.45) is 0 Å². The normalized spacial score (nSPS) is 16.9. The number of carbonyl (C=O) groups excluding carboxylic acids is 2. The number of aromatic nitrogens is 1. The molecule has 1 unspecified atom stereocenters. The summed E-state index contributed by atoms with van der Waals surface area (Å²) in [6, 6.07) is 13.3. The third-order valence-electron chi connectivity index (χ3n) is 5.71. The number of aromatic amines is 1. The predicted octanol–water partition coefficient (Wildman–Crippen LogP) is 4.31. The molecule has 1 amide bonds. The fourth-order valence-electron chi connectivity index (χ4n) is 4.15. The van der Waals surface area contributed by atoms with E-state index >= 15 is 0 Å². The van der Waals surface area contributed by atoms with Gasteiger partial charge in [-0.1, -0.05) is 48.0 Å². The third-order valence-corrected chi connectivity index (χ3v) is 5.71. The number of aryl methyl sites for hydroxylation is 2. The number of nitrogens with one attached hydrogen (secondary N) is 1. The van der Waals surface area contributed by atoms with Crippen LogP contribution in [0.1, 0.15) is 35.2 Å². The van der Waals surface area contributed by atoms with Crippen LogP contribution in [0.15, 0.2) is 60.0 Å². The first-order valence-corrected chi connectivity index (χ1v) is 9.75. The fraction of sp³-hybridized carbons (Fsp3) is 0.250. The molecule has 1 aliphatic heterocycles. The van der Waals surface area contributed by atoms with Crippen LogP contribution in [0.3, 0.4) is 0 Å². The number of aliphatic hydroxyl groups excluding tert-OH is 1. The number of rotatable bonds is 5. The van der Waals surface area contributed by atoms with E-state index in [1.165, 1.54) is 12.5 Å².